The van der Waals surface area contributed by atoms with Crippen LogP contribution in [0, 0.1) is 0 Å². The molecule has 1 unspecified atom stereocenters. The van der Waals surface area contributed by atoms with Gasteiger partial charge in [0, 0.05) is 17.1 Å². The third kappa shape index (κ3) is 6.13. The maximum absolute atomic E-state index is 3.85. The monoisotopic (exact) mass is 741 g/mol. The zero-order chi connectivity index (χ0) is 38.9. The molecule has 0 heterocycles. The van der Waals surface area contributed by atoms with Gasteiger partial charge in [-0.2, -0.15) is 0 Å². The fourth-order valence-electron chi connectivity index (χ4n) is 9.21. The van der Waals surface area contributed by atoms with Gasteiger partial charge in [0.1, 0.15) is 0 Å². The minimum atomic E-state index is -0.449. The highest BCUT2D eigenvalue weighted by atomic mass is 15.1. The minimum absolute atomic E-state index is 0.449. The van der Waals surface area contributed by atoms with Crippen LogP contribution in [0.2, 0.25) is 0 Å². The Labute approximate surface area is 341 Å². The van der Waals surface area contributed by atoms with Crippen molar-refractivity contribution in [2.24, 2.45) is 0 Å². The van der Waals surface area contributed by atoms with E-state index in [-0.39, 0.29) is 0 Å². The Morgan fingerprint density at radius 3 is 1.97 bits per heavy atom. The van der Waals surface area contributed by atoms with Crippen molar-refractivity contribution < 1.29 is 0 Å². The number of benzene rings is 8. The van der Waals surface area contributed by atoms with Gasteiger partial charge in [-0.05, 0) is 133 Å². The molecule has 276 valence electrons. The standard InChI is InChI=1S/C57H43N/c1-2-3-16-41-27-28-44-29-30-46(38-47(44)37-41)45-19-15-24-51(39-45)58(50-33-31-43(32-34-50)42-17-7-4-8-18-42)52-35-36-54-53-25-13-14-26-55(53)57(56(54)40-52,48-20-9-5-10-21-48)49-22-11-6-12-23-49/h2-5,7-11,13-40H,1,6,12H2/b16-3-. The first-order valence-electron chi connectivity index (χ1n) is 20.3. The number of hydrogen-bond acceptors (Lipinski definition) is 1. The predicted molar refractivity (Wildman–Crippen MR) is 247 cm³/mol. The lowest BCUT2D eigenvalue weighted by Gasteiger charge is -2.36. The van der Waals surface area contributed by atoms with Crippen LogP contribution in [0.3, 0.4) is 0 Å². The molecule has 8 aromatic carbocycles. The molecular weight excluding hydrogens is 699 g/mol. The predicted octanol–water partition coefficient (Wildman–Crippen LogP) is 15.4. The van der Waals surface area contributed by atoms with Gasteiger partial charge in [0.05, 0.1) is 5.41 Å². The van der Waals surface area contributed by atoms with Crippen LogP contribution in [0.15, 0.2) is 231 Å². The highest BCUT2D eigenvalue weighted by Gasteiger charge is 2.47. The number of allylic oxidation sites excluding steroid dienone is 6. The van der Waals surface area contributed by atoms with Gasteiger partial charge in [-0.25, -0.2) is 0 Å². The van der Waals surface area contributed by atoms with Gasteiger partial charge >= 0.3 is 0 Å². The molecule has 0 amide bonds. The second-order valence-corrected chi connectivity index (χ2v) is 15.2. The molecule has 0 fully saturated rings. The molecule has 1 nitrogen and oxygen atoms in total. The van der Waals surface area contributed by atoms with E-state index in [1.54, 1.807) is 0 Å². The van der Waals surface area contributed by atoms with E-state index in [1.807, 2.05) is 12.2 Å². The SMILES string of the molecule is C=C/C=C\c1ccc2ccc(-c3cccc(N(c4ccc(-c5ccccc5)cc4)c4ccc5c(c4)C(C4=CCCC=C4)(c4ccccc4)c4ccccc4-5)c3)cc2c1. The van der Waals surface area contributed by atoms with Crippen molar-refractivity contribution in [1.29, 1.82) is 0 Å². The fraction of sp³-hybridized carbons (Fsp3) is 0.0526. The van der Waals surface area contributed by atoms with Crippen LogP contribution in [-0.4, -0.2) is 0 Å². The second kappa shape index (κ2) is 15.0. The molecule has 0 saturated carbocycles. The maximum atomic E-state index is 3.85. The van der Waals surface area contributed by atoms with Gasteiger partial charge in [0.2, 0.25) is 0 Å². The Hall–Kier alpha value is -7.22. The van der Waals surface area contributed by atoms with Crippen molar-refractivity contribution in [3.8, 4) is 33.4 Å². The molecule has 0 spiro atoms. The Balaban J connectivity index is 1.16. The Kier molecular flexibility index (Phi) is 9.12. The van der Waals surface area contributed by atoms with Gasteiger partial charge < -0.3 is 4.90 Å². The van der Waals surface area contributed by atoms with Gasteiger partial charge in [-0.15, -0.1) is 0 Å². The van der Waals surface area contributed by atoms with Gasteiger partial charge in [-0.1, -0.05) is 183 Å². The number of nitrogens with zero attached hydrogens (tertiary/aromatic N) is 1. The molecule has 0 radical (unpaired) electrons. The highest BCUT2D eigenvalue weighted by molar-refractivity contribution is 5.92. The molecule has 10 rings (SSSR count). The Bertz CT molecular complexity index is 2890. The number of rotatable bonds is 9. The number of fused-ring (bicyclic) bond motifs is 4. The summed E-state index contributed by atoms with van der Waals surface area (Å²) in [5.74, 6) is 0. The molecule has 0 aromatic heterocycles. The lowest BCUT2D eigenvalue weighted by Crippen LogP contribution is -2.29. The van der Waals surface area contributed by atoms with Crippen molar-refractivity contribution in [2.45, 2.75) is 18.3 Å². The summed E-state index contributed by atoms with van der Waals surface area (Å²) in [6.07, 6.45) is 15.2. The molecule has 1 heteroatoms. The van der Waals surface area contributed by atoms with Crippen LogP contribution >= 0.6 is 0 Å². The lowest BCUT2D eigenvalue weighted by atomic mass is 9.66. The van der Waals surface area contributed by atoms with Crippen LogP contribution in [-0.2, 0) is 5.41 Å². The number of anilines is 3. The normalized spacial score (nSPS) is 15.6. The van der Waals surface area contributed by atoms with Crippen LogP contribution < -0.4 is 4.90 Å². The van der Waals surface area contributed by atoms with E-state index >= 15 is 0 Å². The zero-order valence-corrected chi connectivity index (χ0v) is 32.4. The molecule has 2 aliphatic rings. The fourth-order valence-corrected chi connectivity index (χ4v) is 9.21. The average molecular weight is 742 g/mol. The first kappa shape index (κ1) is 35.2. The van der Waals surface area contributed by atoms with Crippen molar-refractivity contribution in [3.05, 3.63) is 253 Å². The van der Waals surface area contributed by atoms with Crippen LogP contribution in [0.25, 0.3) is 50.2 Å². The van der Waals surface area contributed by atoms with Gasteiger partial charge in [-0.3, -0.25) is 0 Å². The Morgan fingerprint density at radius 2 is 1.16 bits per heavy atom. The number of hydrogen-bond donors (Lipinski definition) is 0. The topological polar surface area (TPSA) is 3.24 Å². The summed E-state index contributed by atoms with van der Waals surface area (Å²) >= 11 is 0. The first-order chi connectivity index (χ1) is 28.7. The molecule has 8 aromatic rings. The third-order valence-corrected chi connectivity index (χ3v) is 11.9. The Morgan fingerprint density at radius 1 is 0.483 bits per heavy atom. The summed E-state index contributed by atoms with van der Waals surface area (Å²) in [6, 6.07) is 69.3. The summed E-state index contributed by atoms with van der Waals surface area (Å²) in [5.41, 5.74) is 16.7. The van der Waals surface area contributed by atoms with E-state index in [0.717, 1.165) is 35.5 Å². The largest absolute Gasteiger partial charge is 0.310 e. The quantitative estimate of drug-likeness (QED) is 0.133. The molecule has 1 atom stereocenters. The van der Waals surface area contributed by atoms with Gasteiger partial charge in [0.15, 0.2) is 0 Å². The summed E-state index contributed by atoms with van der Waals surface area (Å²) in [7, 11) is 0. The van der Waals surface area contributed by atoms with Crippen molar-refractivity contribution >= 4 is 33.9 Å². The summed E-state index contributed by atoms with van der Waals surface area (Å²) in [5, 5.41) is 2.43. The first-order valence-corrected chi connectivity index (χ1v) is 20.3. The maximum Gasteiger partial charge on any atom is 0.0711 e. The lowest BCUT2D eigenvalue weighted by molar-refractivity contribution is 0.751. The molecular formula is C57H43N. The van der Waals surface area contributed by atoms with Crippen molar-refractivity contribution in [1.82, 2.24) is 0 Å². The molecule has 2 aliphatic carbocycles. The molecule has 58 heavy (non-hydrogen) atoms. The van der Waals surface area contributed by atoms with E-state index in [2.05, 4.69) is 224 Å². The smallest absolute Gasteiger partial charge is 0.0711 e. The highest BCUT2D eigenvalue weighted by Crippen LogP contribution is 2.58. The van der Waals surface area contributed by atoms with Crippen molar-refractivity contribution in [3.63, 3.8) is 0 Å². The van der Waals surface area contributed by atoms with E-state index in [1.165, 1.54) is 66.4 Å². The average Bonchev–Trinajstić information content (AvgIpc) is 3.60. The molecule has 0 aliphatic heterocycles. The molecule has 0 bridgehead atoms. The van der Waals surface area contributed by atoms with Crippen LogP contribution in [0.4, 0.5) is 17.1 Å². The summed E-state index contributed by atoms with van der Waals surface area (Å²) in [6.45, 7) is 3.85. The summed E-state index contributed by atoms with van der Waals surface area (Å²) in [4.78, 5) is 2.43. The van der Waals surface area contributed by atoms with Gasteiger partial charge in [0.25, 0.3) is 0 Å². The van der Waals surface area contributed by atoms with E-state index in [9.17, 15) is 0 Å². The molecule has 0 N–H and O–H groups in total. The van der Waals surface area contributed by atoms with E-state index in [4.69, 9.17) is 0 Å². The molecule has 0 saturated heterocycles. The third-order valence-electron chi connectivity index (χ3n) is 11.9. The second-order valence-electron chi connectivity index (χ2n) is 15.2. The van der Waals surface area contributed by atoms with Crippen LogP contribution in [0.1, 0.15) is 35.1 Å². The summed E-state index contributed by atoms with van der Waals surface area (Å²) < 4.78 is 0. The van der Waals surface area contributed by atoms with Crippen LogP contribution in [0.5, 0.6) is 0 Å². The van der Waals surface area contributed by atoms with E-state index in [0.29, 0.717) is 0 Å². The minimum Gasteiger partial charge on any atom is -0.310 e. The zero-order valence-electron chi connectivity index (χ0n) is 32.4. The van der Waals surface area contributed by atoms with E-state index < -0.39 is 5.41 Å². The van der Waals surface area contributed by atoms with Crippen molar-refractivity contribution in [2.75, 3.05) is 4.90 Å².